The Bertz CT molecular complexity index is 426. The number of hydrogen-bond donors (Lipinski definition) is 1. The molecule has 1 N–H and O–H groups in total. The Balaban J connectivity index is 1.83. The number of rotatable bonds is 6. The number of hydrogen-bond acceptors (Lipinski definition) is 2. The maximum absolute atomic E-state index is 4.27. The molecule has 3 fully saturated rings. The van der Waals surface area contributed by atoms with Crippen LogP contribution in [0.5, 0.6) is 0 Å². The summed E-state index contributed by atoms with van der Waals surface area (Å²) in [5.41, 5.74) is 1.28. The van der Waals surface area contributed by atoms with Crippen LogP contribution in [0.4, 0.5) is 0 Å². The van der Waals surface area contributed by atoms with Gasteiger partial charge in [0.05, 0.1) is 0 Å². The Kier molecular flexibility index (Phi) is 6.38. The molecule has 2 aliphatic carbocycles. The Morgan fingerprint density at radius 3 is 2.24 bits per heavy atom. The van der Waals surface area contributed by atoms with Crippen LogP contribution in [0.1, 0.15) is 85.5 Å². The topological polar surface area (TPSA) is 15.3 Å². The van der Waals surface area contributed by atoms with Gasteiger partial charge in [-0.3, -0.25) is 0 Å². The van der Waals surface area contributed by atoms with Crippen LogP contribution in [-0.2, 0) is 0 Å². The smallest absolute Gasteiger partial charge is 0.126 e. The van der Waals surface area contributed by atoms with Crippen LogP contribution >= 0.6 is 0 Å². The molecule has 3 rings (SSSR count). The summed E-state index contributed by atoms with van der Waals surface area (Å²) in [6, 6.07) is 2.41. The van der Waals surface area contributed by atoms with Crippen molar-refractivity contribution in [1.29, 1.82) is 0 Å². The Labute approximate surface area is 158 Å². The van der Waals surface area contributed by atoms with Crippen molar-refractivity contribution in [3.05, 3.63) is 0 Å². The standard InChI is InChI=1S/C22H44N2Si/c1-6-7-16-25(5,23-22(2,3)4)21-17-20(24-14-10-11-15-24)18-12-8-9-13-19(18)21/h18-21,23H,6-17H2,1-5H3/t18?,19?,20?,21?,25-/m0/s1. The minimum Gasteiger partial charge on any atom is -0.332 e. The maximum atomic E-state index is 4.27. The van der Waals surface area contributed by atoms with Crippen molar-refractivity contribution < 1.29 is 0 Å². The molecule has 1 aliphatic heterocycles. The molecule has 0 aromatic rings. The third-order valence-corrected chi connectivity index (χ3v) is 12.5. The van der Waals surface area contributed by atoms with Gasteiger partial charge in [0.1, 0.15) is 8.24 Å². The van der Waals surface area contributed by atoms with Crippen LogP contribution in [0.3, 0.4) is 0 Å². The van der Waals surface area contributed by atoms with Crippen molar-refractivity contribution in [3.63, 3.8) is 0 Å². The Hall–Kier alpha value is 0.137. The SMILES string of the molecule is CCCC[Si@](C)(NC(C)(C)C)C1CC(N2CCCC2)C2CCCCC21. The van der Waals surface area contributed by atoms with E-state index in [0.29, 0.717) is 0 Å². The van der Waals surface area contributed by atoms with Crippen molar-refractivity contribution in [2.45, 2.75) is 115 Å². The Morgan fingerprint density at radius 1 is 1.00 bits per heavy atom. The van der Waals surface area contributed by atoms with Crippen LogP contribution in [0.25, 0.3) is 0 Å². The Morgan fingerprint density at radius 2 is 1.64 bits per heavy atom. The van der Waals surface area contributed by atoms with Crippen LogP contribution in [0, 0.1) is 11.8 Å². The van der Waals surface area contributed by atoms with Gasteiger partial charge >= 0.3 is 0 Å². The van der Waals surface area contributed by atoms with E-state index in [1.165, 1.54) is 76.9 Å². The van der Waals surface area contributed by atoms with Crippen LogP contribution in [0.15, 0.2) is 0 Å². The first-order valence-electron chi connectivity index (χ1n) is 11.4. The first kappa shape index (κ1) is 19.9. The summed E-state index contributed by atoms with van der Waals surface area (Å²) in [5, 5.41) is 0. The molecule has 0 aromatic heterocycles. The van der Waals surface area contributed by atoms with Crippen molar-refractivity contribution in [1.82, 2.24) is 9.88 Å². The predicted octanol–water partition coefficient (Wildman–Crippen LogP) is 5.79. The van der Waals surface area contributed by atoms with E-state index < -0.39 is 8.24 Å². The number of fused-ring (bicyclic) bond motifs is 1. The summed E-state index contributed by atoms with van der Waals surface area (Å²) in [5.74, 6) is 2.05. The van der Waals surface area contributed by atoms with Gasteiger partial charge in [-0.05, 0) is 83.0 Å². The highest BCUT2D eigenvalue weighted by molar-refractivity contribution is 6.78. The molecular weight excluding hydrogens is 320 g/mol. The summed E-state index contributed by atoms with van der Waals surface area (Å²) in [7, 11) is -1.45. The maximum Gasteiger partial charge on any atom is 0.126 e. The molecule has 2 nitrogen and oxygen atoms in total. The van der Waals surface area contributed by atoms with Gasteiger partial charge in [0.25, 0.3) is 0 Å². The van der Waals surface area contributed by atoms with E-state index in [4.69, 9.17) is 0 Å². The monoisotopic (exact) mass is 364 g/mol. The molecule has 1 saturated heterocycles. The molecule has 0 spiro atoms. The normalized spacial score (nSPS) is 36.4. The fraction of sp³-hybridized carbons (Fsp3) is 1.00. The van der Waals surface area contributed by atoms with Gasteiger partial charge < -0.3 is 9.88 Å². The molecule has 5 atom stereocenters. The van der Waals surface area contributed by atoms with Gasteiger partial charge in [-0.1, -0.05) is 45.6 Å². The fourth-order valence-corrected chi connectivity index (χ4v) is 12.3. The quantitative estimate of drug-likeness (QED) is 0.600. The van der Waals surface area contributed by atoms with Crippen LogP contribution in [0.2, 0.25) is 18.1 Å². The third-order valence-electron chi connectivity index (χ3n) is 7.52. The van der Waals surface area contributed by atoms with Crippen molar-refractivity contribution in [3.8, 4) is 0 Å². The second-order valence-electron chi connectivity index (χ2n) is 10.7. The molecule has 0 aromatic carbocycles. The van der Waals surface area contributed by atoms with E-state index >= 15 is 0 Å². The van der Waals surface area contributed by atoms with Crippen molar-refractivity contribution >= 4 is 8.24 Å². The van der Waals surface area contributed by atoms with Crippen molar-refractivity contribution in [2.24, 2.45) is 11.8 Å². The lowest BCUT2D eigenvalue weighted by Crippen LogP contribution is -2.59. The molecule has 0 amide bonds. The van der Waals surface area contributed by atoms with Gasteiger partial charge in [-0.2, -0.15) is 0 Å². The highest BCUT2D eigenvalue weighted by Gasteiger charge is 2.53. The summed E-state index contributed by atoms with van der Waals surface area (Å²) in [6.45, 7) is 15.1. The van der Waals surface area contributed by atoms with E-state index in [0.717, 1.165) is 23.4 Å². The molecule has 0 radical (unpaired) electrons. The lowest BCUT2D eigenvalue weighted by Gasteiger charge is -2.44. The van der Waals surface area contributed by atoms with E-state index in [1.807, 2.05) is 0 Å². The van der Waals surface area contributed by atoms with Gasteiger partial charge in [0.2, 0.25) is 0 Å². The second-order valence-corrected chi connectivity index (χ2v) is 15.0. The zero-order valence-corrected chi connectivity index (χ0v) is 18.7. The van der Waals surface area contributed by atoms with Gasteiger partial charge in [-0.25, -0.2) is 0 Å². The largest absolute Gasteiger partial charge is 0.332 e. The zero-order chi connectivity index (χ0) is 18.1. The summed E-state index contributed by atoms with van der Waals surface area (Å²) in [6.07, 6.45) is 13.2. The first-order chi connectivity index (χ1) is 11.8. The molecular formula is C22H44N2Si. The molecule has 25 heavy (non-hydrogen) atoms. The molecule has 0 bridgehead atoms. The number of nitrogens with one attached hydrogen (secondary N) is 1. The molecule has 1 heterocycles. The van der Waals surface area contributed by atoms with E-state index in [9.17, 15) is 0 Å². The average molecular weight is 365 g/mol. The lowest BCUT2D eigenvalue weighted by molar-refractivity contribution is 0.148. The number of nitrogens with zero attached hydrogens (tertiary/aromatic N) is 1. The highest BCUT2D eigenvalue weighted by atomic mass is 28.3. The van der Waals surface area contributed by atoms with Gasteiger partial charge in [-0.15, -0.1) is 0 Å². The summed E-state index contributed by atoms with van der Waals surface area (Å²) < 4.78 is 0. The van der Waals surface area contributed by atoms with E-state index in [2.05, 4.69) is 44.1 Å². The van der Waals surface area contributed by atoms with Crippen LogP contribution < -0.4 is 4.98 Å². The zero-order valence-electron chi connectivity index (χ0n) is 17.7. The summed E-state index contributed by atoms with van der Waals surface area (Å²) in [4.78, 5) is 7.19. The predicted molar refractivity (Wildman–Crippen MR) is 113 cm³/mol. The van der Waals surface area contributed by atoms with E-state index in [1.54, 1.807) is 0 Å². The van der Waals surface area contributed by atoms with Crippen LogP contribution in [-0.4, -0.2) is 37.8 Å². The molecule has 146 valence electrons. The average Bonchev–Trinajstić information content (AvgIpc) is 3.18. The fourth-order valence-electron chi connectivity index (χ4n) is 6.74. The van der Waals surface area contributed by atoms with E-state index in [-0.39, 0.29) is 5.54 Å². The van der Waals surface area contributed by atoms with Gasteiger partial charge in [0.15, 0.2) is 0 Å². The van der Waals surface area contributed by atoms with Gasteiger partial charge in [0, 0.05) is 11.6 Å². The minimum atomic E-state index is -1.45. The molecule has 3 heteroatoms. The molecule has 4 unspecified atom stereocenters. The summed E-state index contributed by atoms with van der Waals surface area (Å²) >= 11 is 0. The second kappa shape index (κ2) is 8.02. The number of likely N-dealkylation sites (tertiary alicyclic amines) is 1. The van der Waals surface area contributed by atoms with Crippen molar-refractivity contribution in [2.75, 3.05) is 13.1 Å². The first-order valence-corrected chi connectivity index (χ1v) is 14.2. The third kappa shape index (κ3) is 4.52. The highest BCUT2D eigenvalue weighted by Crippen LogP contribution is 2.55. The molecule has 3 aliphatic rings. The lowest BCUT2D eigenvalue weighted by atomic mass is 9.80. The number of unbranched alkanes of at least 4 members (excludes halogenated alkanes) is 1. The minimum absolute atomic E-state index is 0.268. The molecule has 2 saturated carbocycles.